The van der Waals surface area contributed by atoms with Crippen molar-refractivity contribution in [3.63, 3.8) is 0 Å². The van der Waals surface area contributed by atoms with Gasteiger partial charge in [0.15, 0.2) is 11.6 Å². The Morgan fingerprint density at radius 3 is 3.19 bits per heavy atom. The van der Waals surface area contributed by atoms with Gasteiger partial charge in [-0.3, -0.25) is 4.79 Å². The molecule has 0 bridgehead atoms. The Hall–Kier alpha value is -2.04. The minimum atomic E-state index is -0.809. The van der Waals surface area contributed by atoms with Crippen molar-refractivity contribution >= 4 is 5.97 Å². The summed E-state index contributed by atoms with van der Waals surface area (Å²) in [6.45, 7) is 0. The van der Waals surface area contributed by atoms with E-state index >= 15 is 0 Å². The van der Waals surface area contributed by atoms with Gasteiger partial charge in [0.1, 0.15) is 5.92 Å². The third-order valence-electron chi connectivity index (χ3n) is 2.88. The van der Waals surface area contributed by atoms with Crippen LogP contribution in [-0.4, -0.2) is 21.0 Å². The third kappa shape index (κ3) is 1.25. The summed E-state index contributed by atoms with van der Waals surface area (Å²) >= 11 is 0. The number of imidazole rings is 1. The molecule has 1 unspecified atom stereocenters. The van der Waals surface area contributed by atoms with E-state index in [0.717, 1.165) is 12.1 Å². The quantitative estimate of drug-likeness (QED) is 0.805. The SMILES string of the molecule is O=C(O)C1CCc2[nH]c(-c3ccco3)nc21. The maximum absolute atomic E-state index is 11.0. The molecule has 0 saturated carbocycles. The van der Waals surface area contributed by atoms with Crippen molar-refractivity contribution in [1.82, 2.24) is 9.97 Å². The Balaban J connectivity index is 2.02. The number of nitrogens with zero attached hydrogens (tertiary/aromatic N) is 1. The van der Waals surface area contributed by atoms with Crippen LogP contribution in [0.3, 0.4) is 0 Å². The topological polar surface area (TPSA) is 79.1 Å². The average Bonchev–Trinajstić information content (AvgIpc) is 2.92. The number of aromatic nitrogens is 2. The van der Waals surface area contributed by atoms with E-state index in [0.29, 0.717) is 23.7 Å². The van der Waals surface area contributed by atoms with Crippen LogP contribution in [0.5, 0.6) is 0 Å². The maximum Gasteiger partial charge on any atom is 0.312 e. The van der Waals surface area contributed by atoms with Crippen molar-refractivity contribution in [2.24, 2.45) is 0 Å². The van der Waals surface area contributed by atoms with Crippen molar-refractivity contribution in [2.75, 3.05) is 0 Å². The van der Waals surface area contributed by atoms with Crippen LogP contribution in [-0.2, 0) is 11.2 Å². The normalized spacial score (nSPS) is 18.6. The number of hydrogen-bond acceptors (Lipinski definition) is 3. The van der Waals surface area contributed by atoms with Gasteiger partial charge in [-0.1, -0.05) is 0 Å². The smallest absolute Gasteiger partial charge is 0.312 e. The lowest BCUT2D eigenvalue weighted by molar-refractivity contribution is -0.138. The van der Waals surface area contributed by atoms with E-state index in [1.807, 2.05) is 0 Å². The third-order valence-corrected chi connectivity index (χ3v) is 2.88. The zero-order chi connectivity index (χ0) is 11.1. The van der Waals surface area contributed by atoms with Gasteiger partial charge in [-0.15, -0.1) is 0 Å². The van der Waals surface area contributed by atoms with Crippen molar-refractivity contribution < 1.29 is 14.3 Å². The van der Waals surface area contributed by atoms with E-state index in [1.54, 1.807) is 18.4 Å². The summed E-state index contributed by atoms with van der Waals surface area (Å²) in [4.78, 5) is 18.4. The number of fused-ring (bicyclic) bond motifs is 1. The predicted molar refractivity (Wildman–Crippen MR) is 55.0 cm³/mol. The summed E-state index contributed by atoms with van der Waals surface area (Å²) in [5.74, 6) is -0.0364. The summed E-state index contributed by atoms with van der Waals surface area (Å²) in [5.41, 5.74) is 1.57. The van der Waals surface area contributed by atoms with Crippen LogP contribution in [0.1, 0.15) is 23.7 Å². The Kier molecular flexibility index (Phi) is 1.86. The van der Waals surface area contributed by atoms with E-state index in [-0.39, 0.29) is 0 Å². The van der Waals surface area contributed by atoms with Gasteiger partial charge in [0.2, 0.25) is 0 Å². The molecule has 3 rings (SSSR count). The lowest BCUT2D eigenvalue weighted by atomic mass is 10.1. The number of rotatable bonds is 2. The number of carboxylic acids is 1. The number of carbonyl (C=O) groups is 1. The minimum absolute atomic E-state index is 0.477. The molecule has 16 heavy (non-hydrogen) atoms. The van der Waals surface area contributed by atoms with Gasteiger partial charge >= 0.3 is 5.97 Å². The molecule has 0 radical (unpaired) electrons. The Morgan fingerprint density at radius 1 is 1.62 bits per heavy atom. The minimum Gasteiger partial charge on any atom is -0.481 e. The first kappa shape index (κ1) is 9.21. The highest BCUT2D eigenvalue weighted by Crippen LogP contribution is 2.33. The fourth-order valence-corrected chi connectivity index (χ4v) is 2.10. The van der Waals surface area contributed by atoms with E-state index < -0.39 is 11.9 Å². The van der Waals surface area contributed by atoms with Gasteiger partial charge in [-0.05, 0) is 25.0 Å². The lowest BCUT2D eigenvalue weighted by Crippen LogP contribution is -2.08. The molecule has 1 atom stereocenters. The highest BCUT2D eigenvalue weighted by atomic mass is 16.4. The van der Waals surface area contributed by atoms with E-state index in [1.165, 1.54) is 0 Å². The number of aromatic amines is 1. The molecule has 0 spiro atoms. The fourth-order valence-electron chi connectivity index (χ4n) is 2.10. The molecule has 0 aliphatic heterocycles. The Morgan fingerprint density at radius 2 is 2.50 bits per heavy atom. The molecule has 0 saturated heterocycles. The highest BCUT2D eigenvalue weighted by Gasteiger charge is 2.32. The standard InChI is InChI=1S/C11H10N2O3/c14-11(15)6-3-4-7-9(6)13-10(12-7)8-2-1-5-16-8/h1-2,5-6H,3-4H2,(H,12,13)(H,14,15). The number of carboxylic acid groups (broad SMARTS) is 1. The number of H-pyrrole nitrogens is 1. The van der Waals surface area contributed by atoms with Crippen LogP contribution in [0.15, 0.2) is 22.8 Å². The number of aryl methyl sites for hydroxylation is 1. The second-order valence-electron chi connectivity index (χ2n) is 3.86. The average molecular weight is 218 g/mol. The first-order valence-corrected chi connectivity index (χ1v) is 5.11. The van der Waals surface area contributed by atoms with Gasteiger partial charge < -0.3 is 14.5 Å². The van der Waals surface area contributed by atoms with E-state index in [2.05, 4.69) is 9.97 Å². The van der Waals surface area contributed by atoms with Crippen LogP contribution >= 0.6 is 0 Å². The number of nitrogens with one attached hydrogen (secondary N) is 1. The highest BCUT2D eigenvalue weighted by molar-refractivity contribution is 5.77. The van der Waals surface area contributed by atoms with Crippen LogP contribution in [0.2, 0.25) is 0 Å². The maximum atomic E-state index is 11.0. The molecule has 0 fully saturated rings. The molecule has 5 nitrogen and oxygen atoms in total. The molecular weight excluding hydrogens is 208 g/mol. The molecule has 2 aromatic rings. The van der Waals surface area contributed by atoms with Crippen LogP contribution in [0, 0.1) is 0 Å². The van der Waals surface area contributed by atoms with E-state index in [4.69, 9.17) is 9.52 Å². The zero-order valence-electron chi connectivity index (χ0n) is 8.43. The van der Waals surface area contributed by atoms with Gasteiger partial charge in [0.05, 0.1) is 12.0 Å². The van der Waals surface area contributed by atoms with Crippen molar-refractivity contribution in [2.45, 2.75) is 18.8 Å². The zero-order valence-corrected chi connectivity index (χ0v) is 8.43. The summed E-state index contributed by atoms with van der Waals surface area (Å²) in [5, 5.41) is 9.02. The fraction of sp³-hybridized carbons (Fsp3) is 0.273. The Labute approximate surface area is 91.1 Å². The molecule has 82 valence electrons. The largest absolute Gasteiger partial charge is 0.481 e. The predicted octanol–water partition coefficient (Wildman–Crippen LogP) is 1.78. The second kappa shape index (κ2) is 3.23. The van der Waals surface area contributed by atoms with Crippen LogP contribution in [0.4, 0.5) is 0 Å². The number of furan rings is 1. The summed E-state index contributed by atoms with van der Waals surface area (Å²) in [6, 6.07) is 3.57. The molecule has 2 heterocycles. The van der Waals surface area contributed by atoms with Crippen molar-refractivity contribution in [1.29, 1.82) is 0 Å². The molecule has 2 aromatic heterocycles. The first-order chi connectivity index (χ1) is 7.75. The van der Waals surface area contributed by atoms with Gasteiger partial charge in [-0.2, -0.15) is 0 Å². The van der Waals surface area contributed by atoms with Crippen LogP contribution < -0.4 is 0 Å². The van der Waals surface area contributed by atoms with E-state index in [9.17, 15) is 4.79 Å². The molecule has 2 N–H and O–H groups in total. The van der Waals surface area contributed by atoms with Crippen molar-refractivity contribution in [3.8, 4) is 11.6 Å². The lowest BCUT2D eigenvalue weighted by Gasteiger charge is -2.00. The monoisotopic (exact) mass is 218 g/mol. The van der Waals surface area contributed by atoms with Crippen LogP contribution in [0.25, 0.3) is 11.6 Å². The molecule has 0 amide bonds. The summed E-state index contributed by atoms with van der Waals surface area (Å²) in [7, 11) is 0. The molecule has 1 aliphatic rings. The van der Waals surface area contributed by atoms with Crippen molar-refractivity contribution in [3.05, 3.63) is 29.8 Å². The molecule has 0 aromatic carbocycles. The number of hydrogen-bond donors (Lipinski definition) is 2. The first-order valence-electron chi connectivity index (χ1n) is 5.11. The number of aliphatic carboxylic acids is 1. The molecular formula is C11H10N2O3. The molecule has 1 aliphatic carbocycles. The van der Waals surface area contributed by atoms with Gasteiger partial charge in [0, 0.05) is 5.69 Å². The van der Waals surface area contributed by atoms with Gasteiger partial charge in [-0.25, -0.2) is 4.98 Å². The Bertz CT molecular complexity index is 527. The molecule has 5 heteroatoms. The summed E-state index contributed by atoms with van der Waals surface area (Å²) < 4.78 is 5.21. The second-order valence-corrected chi connectivity index (χ2v) is 3.86. The summed E-state index contributed by atoms with van der Waals surface area (Å²) in [6.07, 6.45) is 2.93. The van der Waals surface area contributed by atoms with Gasteiger partial charge in [0.25, 0.3) is 0 Å².